The van der Waals surface area contributed by atoms with E-state index in [1.165, 1.54) is 37.2 Å². The Kier molecular flexibility index (Phi) is 5.25. The summed E-state index contributed by atoms with van der Waals surface area (Å²) in [7, 11) is 0. The number of carbonyl (C=O) groups is 1. The standard InChI is InChI=1S/C10H18OS2/c1-2-3-4-5-10(6-7-11)12-8-9-13-10/h7H,2-6,8-9H2,1H3. The van der Waals surface area contributed by atoms with Gasteiger partial charge in [0.05, 0.1) is 4.08 Å². The first-order valence-corrected chi connectivity index (χ1v) is 7.01. The van der Waals surface area contributed by atoms with Crippen molar-refractivity contribution >= 4 is 29.8 Å². The average Bonchev–Trinajstić information content (AvgIpc) is 2.55. The van der Waals surface area contributed by atoms with Gasteiger partial charge in [-0.3, -0.25) is 0 Å². The highest BCUT2D eigenvalue weighted by Crippen LogP contribution is 2.49. The van der Waals surface area contributed by atoms with Crippen LogP contribution in [0.25, 0.3) is 0 Å². The Morgan fingerprint density at radius 3 is 2.54 bits per heavy atom. The van der Waals surface area contributed by atoms with E-state index in [0.717, 1.165) is 12.7 Å². The molecule has 1 aliphatic heterocycles. The van der Waals surface area contributed by atoms with Crippen LogP contribution in [-0.2, 0) is 4.79 Å². The summed E-state index contributed by atoms with van der Waals surface area (Å²) < 4.78 is 0.261. The van der Waals surface area contributed by atoms with Gasteiger partial charge in [0.15, 0.2) is 0 Å². The molecular formula is C10H18OS2. The largest absolute Gasteiger partial charge is 0.303 e. The second-order valence-corrected chi connectivity index (χ2v) is 6.65. The first-order chi connectivity index (χ1) is 6.33. The van der Waals surface area contributed by atoms with Gasteiger partial charge >= 0.3 is 0 Å². The fraction of sp³-hybridized carbons (Fsp3) is 0.900. The maximum absolute atomic E-state index is 10.6. The Labute approximate surface area is 89.4 Å². The lowest BCUT2D eigenvalue weighted by Gasteiger charge is -2.24. The van der Waals surface area contributed by atoms with E-state index in [0.29, 0.717) is 0 Å². The normalized spacial score (nSPS) is 20.4. The van der Waals surface area contributed by atoms with Crippen molar-refractivity contribution in [2.75, 3.05) is 11.5 Å². The van der Waals surface area contributed by atoms with E-state index < -0.39 is 0 Å². The molecule has 1 rings (SSSR count). The van der Waals surface area contributed by atoms with Crippen molar-refractivity contribution in [1.82, 2.24) is 0 Å². The van der Waals surface area contributed by atoms with Crippen LogP contribution in [0.15, 0.2) is 0 Å². The molecule has 13 heavy (non-hydrogen) atoms. The summed E-state index contributed by atoms with van der Waals surface area (Å²) in [6.07, 6.45) is 6.91. The van der Waals surface area contributed by atoms with E-state index in [-0.39, 0.29) is 4.08 Å². The van der Waals surface area contributed by atoms with Gasteiger partial charge in [0.2, 0.25) is 0 Å². The first-order valence-electron chi connectivity index (χ1n) is 5.04. The third-order valence-electron chi connectivity index (χ3n) is 2.37. The second kappa shape index (κ2) is 5.97. The predicted octanol–water partition coefficient (Wildman–Crippen LogP) is 3.33. The van der Waals surface area contributed by atoms with Crippen molar-refractivity contribution in [2.45, 2.75) is 43.1 Å². The summed E-state index contributed by atoms with van der Waals surface area (Å²) in [5.41, 5.74) is 0. The van der Waals surface area contributed by atoms with Crippen molar-refractivity contribution < 1.29 is 4.79 Å². The lowest BCUT2D eigenvalue weighted by molar-refractivity contribution is -0.108. The molecule has 1 heterocycles. The summed E-state index contributed by atoms with van der Waals surface area (Å²) in [4.78, 5) is 10.6. The van der Waals surface area contributed by atoms with Gasteiger partial charge in [-0.1, -0.05) is 26.2 Å². The minimum absolute atomic E-state index is 0.261. The van der Waals surface area contributed by atoms with E-state index in [1.54, 1.807) is 0 Å². The quantitative estimate of drug-likeness (QED) is 0.503. The van der Waals surface area contributed by atoms with E-state index in [9.17, 15) is 4.79 Å². The molecule has 0 aromatic rings. The molecule has 0 aromatic carbocycles. The average molecular weight is 218 g/mol. The van der Waals surface area contributed by atoms with Gasteiger partial charge in [0.1, 0.15) is 6.29 Å². The molecule has 0 atom stereocenters. The first kappa shape index (κ1) is 11.4. The fourth-order valence-electron chi connectivity index (χ4n) is 1.63. The monoisotopic (exact) mass is 218 g/mol. The third kappa shape index (κ3) is 3.55. The SMILES string of the molecule is CCCCCC1(CC=O)SCCS1. The van der Waals surface area contributed by atoms with Gasteiger partial charge in [-0.15, -0.1) is 23.5 Å². The number of hydrogen-bond donors (Lipinski definition) is 0. The molecule has 0 spiro atoms. The molecule has 3 heteroatoms. The van der Waals surface area contributed by atoms with Crippen LogP contribution in [0.4, 0.5) is 0 Å². The van der Waals surface area contributed by atoms with Crippen LogP contribution in [0.5, 0.6) is 0 Å². The van der Waals surface area contributed by atoms with Gasteiger partial charge < -0.3 is 4.79 Å². The maximum atomic E-state index is 10.6. The lowest BCUT2D eigenvalue weighted by Crippen LogP contribution is -2.17. The van der Waals surface area contributed by atoms with Crippen molar-refractivity contribution in [2.24, 2.45) is 0 Å². The summed E-state index contributed by atoms with van der Waals surface area (Å²) in [5.74, 6) is 2.45. The predicted molar refractivity (Wildman–Crippen MR) is 62.5 cm³/mol. The minimum atomic E-state index is 0.261. The molecule has 0 aliphatic carbocycles. The Morgan fingerprint density at radius 1 is 1.31 bits per heavy atom. The van der Waals surface area contributed by atoms with E-state index in [1.807, 2.05) is 23.5 Å². The van der Waals surface area contributed by atoms with Gasteiger partial charge in [0.25, 0.3) is 0 Å². The number of carbonyl (C=O) groups excluding carboxylic acids is 1. The molecule has 0 radical (unpaired) electrons. The van der Waals surface area contributed by atoms with Crippen molar-refractivity contribution in [3.63, 3.8) is 0 Å². The summed E-state index contributed by atoms with van der Waals surface area (Å²) in [5, 5.41) is 0. The zero-order valence-corrected chi connectivity index (χ0v) is 9.88. The zero-order valence-electron chi connectivity index (χ0n) is 8.25. The molecule has 1 fully saturated rings. The second-order valence-electron chi connectivity index (χ2n) is 3.44. The number of aldehydes is 1. The Bertz CT molecular complexity index is 153. The lowest BCUT2D eigenvalue weighted by atomic mass is 10.1. The third-order valence-corrected chi connectivity index (χ3v) is 5.94. The molecule has 0 saturated carbocycles. The van der Waals surface area contributed by atoms with Gasteiger partial charge in [-0.25, -0.2) is 0 Å². The molecule has 1 saturated heterocycles. The topological polar surface area (TPSA) is 17.1 Å². The number of thioether (sulfide) groups is 2. The van der Waals surface area contributed by atoms with Crippen LogP contribution in [0.2, 0.25) is 0 Å². The van der Waals surface area contributed by atoms with E-state index in [2.05, 4.69) is 6.92 Å². The Morgan fingerprint density at radius 2 is 2.00 bits per heavy atom. The summed E-state index contributed by atoms with van der Waals surface area (Å²) in [6, 6.07) is 0. The van der Waals surface area contributed by atoms with Crippen LogP contribution in [0, 0.1) is 0 Å². The fourth-order valence-corrected chi connectivity index (χ4v) is 4.83. The molecule has 76 valence electrons. The van der Waals surface area contributed by atoms with Crippen LogP contribution >= 0.6 is 23.5 Å². The van der Waals surface area contributed by atoms with Gasteiger partial charge in [-0.05, 0) is 6.42 Å². The van der Waals surface area contributed by atoms with Gasteiger partial charge in [0, 0.05) is 17.9 Å². The Hall–Kier alpha value is 0.370. The molecule has 1 aliphatic rings. The van der Waals surface area contributed by atoms with Gasteiger partial charge in [-0.2, -0.15) is 0 Å². The smallest absolute Gasteiger partial charge is 0.122 e. The number of hydrogen-bond acceptors (Lipinski definition) is 3. The summed E-state index contributed by atoms with van der Waals surface area (Å²) >= 11 is 3.99. The number of unbranched alkanes of at least 4 members (excludes halogenated alkanes) is 2. The molecule has 0 bridgehead atoms. The van der Waals surface area contributed by atoms with Crippen molar-refractivity contribution in [3.8, 4) is 0 Å². The summed E-state index contributed by atoms with van der Waals surface area (Å²) in [6.45, 7) is 2.22. The van der Waals surface area contributed by atoms with Crippen LogP contribution < -0.4 is 0 Å². The number of rotatable bonds is 6. The van der Waals surface area contributed by atoms with Crippen molar-refractivity contribution in [3.05, 3.63) is 0 Å². The molecule has 0 aromatic heterocycles. The molecule has 0 unspecified atom stereocenters. The maximum Gasteiger partial charge on any atom is 0.122 e. The van der Waals surface area contributed by atoms with Crippen LogP contribution in [0.3, 0.4) is 0 Å². The molecule has 1 nitrogen and oxygen atoms in total. The molecule has 0 amide bonds. The Balaban J connectivity index is 2.32. The highest BCUT2D eigenvalue weighted by Gasteiger charge is 2.34. The van der Waals surface area contributed by atoms with Crippen LogP contribution in [-0.4, -0.2) is 21.9 Å². The molecular weight excluding hydrogens is 200 g/mol. The zero-order chi connectivity index (χ0) is 9.57. The van der Waals surface area contributed by atoms with E-state index in [4.69, 9.17) is 0 Å². The van der Waals surface area contributed by atoms with E-state index >= 15 is 0 Å². The van der Waals surface area contributed by atoms with Crippen molar-refractivity contribution in [1.29, 1.82) is 0 Å². The van der Waals surface area contributed by atoms with Crippen LogP contribution in [0.1, 0.15) is 39.0 Å². The minimum Gasteiger partial charge on any atom is -0.303 e. The molecule has 0 N–H and O–H groups in total. The highest BCUT2D eigenvalue weighted by molar-refractivity contribution is 8.21. The highest BCUT2D eigenvalue weighted by atomic mass is 32.2.